The highest BCUT2D eigenvalue weighted by atomic mass is 16.5. The van der Waals surface area contributed by atoms with Crippen LogP contribution < -0.4 is 10.4 Å². The van der Waals surface area contributed by atoms with Gasteiger partial charge in [-0.15, -0.1) is 0 Å². The van der Waals surface area contributed by atoms with Gasteiger partial charge in [-0.3, -0.25) is 0 Å². The summed E-state index contributed by atoms with van der Waals surface area (Å²) in [7, 11) is 0. The number of aryl methyl sites for hydroxylation is 1. The molecule has 0 aliphatic carbocycles. The molecule has 0 aliphatic rings. The molecule has 0 atom stereocenters. The second-order valence-corrected chi connectivity index (χ2v) is 4.52. The highest BCUT2D eigenvalue weighted by molar-refractivity contribution is 5.81. The number of benzene rings is 1. The van der Waals surface area contributed by atoms with Crippen LogP contribution in [0.2, 0.25) is 0 Å². The maximum atomic E-state index is 11.3. The second-order valence-electron chi connectivity index (χ2n) is 4.52. The molecule has 0 bridgehead atoms. The van der Waals surface area contributed by atoms with Gasteiger partial charge in [0, 0.05) is 23.6 Å². The zero-order valence-electron chi connectivity index (χ0n) is 11.2. The fraction of sp³-hybridized carbons (Fsp3) is 0.200. The summed E-state index contributed by atoms with van der Waals surface area (Å²) in [6, 6.07) is 6.61. The normalized spacial score (nSPS) is 11.6. The topological polar surface area (TPSA) is 76.7 Å². The minimum atomic E-state index is -1.01. The molecule has 5 nitrogen and oxygen atoms in total. The van der Waals surface area contributed by atoms with Crippen molar-refractivity contribution in [3.8, 4) is 5.75 Å². The predicted octanol–water partition coefficient (Wildman–Crippen LogP) is 2.51. The number of fused-ring (bicyclic) bond motifs is 1. The number of carboxylic acid groups (broad SMARTS) is 1. The van der Waals surface area contributed by atoms with Gasteiger partial charge in [0.25, 0.3) is 0 Å². The molecule has 0 saturated carbocycles. The van der Waals surface area contributed by atoms with Crippen molar-refractivity contribution >= 4 is 16.9 Å². The smallest absolute Gasteiger partial charge is 0.336 e. The molecule has 0 unspecified atom stereocenters. The molecule has 0 spiro atoms. The monoisotopic (exact) mass is 274 g/mol. The third kappa shape index (κ3) is 3.26. The molecule has 1 aromatic heterocycles. The van der Waals surface area contributed by atoms with E-state index in [-0.39, 0.29) is 6.61 Å². The predicted molar refractivity (Wildman–Crippen MR) is 74.1 cm³/mol. The Labute approximate surface area is 115 Å². The summed E-state index contributed by atoms with van der Waals surface area (Å²) in [5.41, 5.74) is 1.47. The van der Waals surface area contributed by atoms with E-state index in [9.17, 15) is 9.59 Å². The lowest BCUT2D eigenvalue weighted by Crippen LogP contribution is -2.02. The maximum Gasteiger partial charge on any atom is 0.336 e. The van der Waals surface area contributed by atoms with Gasteiger partial charge in [-0.25, -0.2) is 9.59 Å². The zero-order valence-corrected chi connectivity index (χ0v) is 11.2. The lowest BCUT2D eigenvalue weighted by molar-refractivity contribution is -0.131. The van der Waals surface area contributed by atoms with Crippen LogP contribution in [-0.2, 0) is 4.79 Å². The van der Waals surface area contributed by atoms with Crippen molar-refractivity contribution in [2.75, 3.05) is 6.61 Å². The van der Waals surface area contributed by atoms with E-state index < -0.39 is 11.6 Å². The lowest BCUT2D eigenvalue weighted by atomic mass is 10.1. The van der Waals surface area contributed by atoms with E-state index in [1.165, 1.54) is 6.07 Å². The third-order valence-corrected chi connectivity index (χ3v) is 2.76. The molecule has 0 aliphatic heterocycles. The zero-order chi connectivity index (χ0) is 14.7. The van der Waals surface area contributed by atoms with Gasteiger partial charge in [-0.2, -0.15) is 0 Å². The SMILES string of the molecule is CC(=CC(=O)O)COc1ccc2c(C)cc(=O)oc2c1. The van der Waals surface area contributed by atoms with Crippen molar-refractivity contribution in [3.63, 3.8) is 0 Å². The average Bonchev–Trinajstić information content (AvgIpc) is 2.34. The van der Waals surface area contributed by atoms with Gasteiger partial charge < -0.3 is 14.3 Å². The summed E-state index contributed by atoms with van der Waals surface area (Å²) < 4.78 is 10.6. The van der Waals surface area contributed by atoms with Gasteiger partial charge in [0.2, 0.25) is 0 Å². The van der Waals surface area contributed by atoms with Crippen LogP contribution in [0.5, 0.6) is 5.75 Å². The van der Waals surface area contributed by atoms with Crippen LogP contribution in [0.4, 0.5) is 0 Å². The number of aliphatic carboxylic acids is 1. The number of hydrogen-bond acceptors (Lipinski definition) is 4. The largest absolute Gasteiger partial charge is 0.489 e. The summed E-state index contributed by atoms with van der Waals surface area (Å²) in [6.45, 7) is 3.66. The van der Waals surface area contributed by atoms with Gasteiger partial charge in [-0.05, 0) is 37.1 Å². The van der Waals surface area contributed by atoms with Crippen molar-refractivity contribution in [2.24, 2.45) is 0 Å². The first-order chi connectivity index (χ1) is 9.45. The van der Waals surface area contributed by atoms with E-state index in [1.807, 2.05) is 6.92 Å². The van der Waals surface area contributed by atoms with Gasteiger partial charge in [0.05, 0.1) is 0 Å². The first kappa shape index (κ1) is 13.9. The Morgan fingerprint density at radius 2 is 2.15 bits per heavy atom. The van der Waals surface area contributed by atoms with Crippen molar-refractivity contribution in [1.29, 1.82) is 0 Å². The molecule has 5 heteroatoms. The molecule has 20 heavy (non-hydrogen) atoms. The van der Waals surface area contributed by atoms with E-state index in [2.05, 4.69) is 0 Å². The first-order valence-electron chi connectivity index (χ1n) is 6.03. The molecular weight excluding hydrogens is 260 g/mol. The summed E-state index contributed by atoms with van der Waals surface area (Å²) >= 11 is 0. The summed E-state index contributed by atoms with van der Waals surface area (Å²) in [5, 5.41) is 9.44. The molecule has 0 radical (unpaired) electrons. The van der Waals surface area contributed by atoms with Crippen LogP contribution >= 0.6 is 0 Å². The number of carbonyl (C=O) groups is 1. The third-order valence-electron chi connectivity index (χ3n) is 2.76. The van der Waals surface area contributed by atoms with Gasteiger partial charge in [-0.1, -0.05) is 0 Å². The Morgan fingerprint density at radius 3 is 2.85 bits per heavy atom. The van der Waals surface area contributed by atoms with E-state index in [4.69, 9.17) is 14.3 Å². The van der Waals surface area contributed by atoms with Gasteiger partial charge in [0.15, 0.2) is 0 Å². The van der Waals surface area contributed by atoms with Crippen molar-refractivity contribution in [1.82, 2.24) is 0 Å². The molecule has 0 amide bonds. The number of rotatable bonds is 4. The molecule has 1 aromatic carbocycles. The number of hydrogen-bond donors (Lipinski definition) is 1. The van der Waals surface area contributed by atoms with Crippen LogP contribution in [0.15, 0.2) is 45.1 Å². The highest BCUT2D eigenvalue weighted by Crippen LogP contribution is 2.22. The van der Waals surface area contributed by atoms with E-state index in [1.54, 1.807) is 25.1 Å². The molecule has 0 fully saturated rings. The fourth-order valence-electron chi connectivity index (χ4n) is 1.84. The fourth-order valence-corrected chi connectivity index (χ4v) is 1.84. The summed E-state index contributed by atoms with van der Waals surface area (Å²) in [4.78, 5) is 21.8. The van der Waals surface area contributed by atoms with Crippen molar-refractivity contribution in [3.05, 3.63) is 51.9 Å². The quantitative estimate of drug-likeness (QED) is 0.684. The van der Waals surface area contributed by atoms with Crippen molar-refractivity contribution < 1.29 is 19.1 Å². The Kier molecular flexibility index (Phi) is 3.89. The van der Waals surface area contributed by atoms with Gasteiger partial charge >= 0.3 is 11.6 Å². The Hall–Kier alpha value is -2.56. The standard InChI is InChI=1S/C15H14O5/c1-9(5-14(16)17)8-19-11-3-4-12-10(2)6-15(18)20-13(12)7-11/h3-7H,8H2,1-2H3,(H,16,17). The van der Waals surface area contributed by atoms with Crippen LogP contribution in [-0.4, -0.2) is 17.7 Å². The van der Waals surface area contributed by atoms with Crippen LogP contribution in [0.3, 0.4) is 0 Å². The minimum absolute atomic E-state index is 0.161. The lowest BCUT2D eigenvalue weighted by Gasteiger charge is -2.07. The molecule has 104 valence electrons. The van der Waals surface area contributed by atoms with Crippen LogP contribution in [0.1, 0.15) is 12.5 Å². The number of ether oxygens (including phenoxy) is 1. The molecule has 2 aromatic rings. The average molecular weight is 274 g/mol. The summed E-state index contributed by atoms with van der Waals surface area (Å²) in [6.07, 6.45) is 1.09. The number of carboxylic acids is 1. The molecule has 1 N–H and O–H groups in total. The molecular formula is C15H14O5. The van der Waals surface area contributed by atoms with E-state index >= 15 is 0 Å². The van der Waals surface area contributed by atoms with Crippen molar-refractivity contribution in [2.45, 2.75) is 13.8 Å². The molecule has 2 rings (SSSR count). The second kappa shape index (κ2) is 5.61. The van der Waals surface area contributed by atoms with Gasteiger partial charge in [0.1, 0.15) is 17.9 Å². The van der Waals surface area contributed by atoms with E-state index in [0.29, 0.717) is 16.9 Å². The Morgan fingerprint density at radius 1 is 1.40 bits per heavy atom. The highest BCUT2D eigenvalue weighted by Gasteiger charge is 2.04. The van der Waals surface area contributed by atoms with Crippen LogP contribution in [0, 0.1) is 6.92 Å². The molecule has 1 heterocycles. The summed E-state index contributed by atoms with van der Waals surface area (Å²) in [5.74, 6) is -0.490. The Bertz CT molecular complexity index is 740. The van der Waals surface area contributed by atoms with E-state index in [0.717, 1.165) is 17.0 Å². The van der Waals surface area contributed by atoms with Crippen LogP contribution in [0.25, 0.3) is 11.0 Å². The Balaban J connectivity index is 2.24. The molecule has 0 saturated heterocycles. The maximum absolute atomic E-state index is 11.3. The minimum Gasteiger partial charge on any atom is -0.489 e. The first-order valence-corrected chi connectivity index (χ1v) is 6.03.